The van der Waals surface area contributed by atoms with Gasteiger partial charge >= 0.3 is 5.97 Å². The van der Waals surface area contributed by atoms with E-state index in [-0.39, 0.29) is 34.3 Å². The normalized spacial score (nSPS) is 16.2. The number of nitrogens with one attached hydrogen (secondary N) is 1. The van der Waals surface area contributed by atoms with E-state index < -0.39 is 30.2 Å². The Bertz CT molecular complexity index is 1040. The fraction of sp³-hybridized carbons (Fsp3) is 0.304. The van der Waals surface area contributed by atoms with E-state index >= 15 is 0 Å². The summed E-state index contributed by atoms with van der Waals surface area (Å²) in [5.74, 6) is -2.79. The summed E-state index contributed by atoms with van der Waals surface area (Å²) in [6.45, 7) is -0.416. The van der Waals surface area contributed by atoms with E-state index in [0.29, 0.717) is 0 Å². The molecule has 7 nitrogen and oxygen atoms in total. The van der Waals surface area contributed by atoms with Crippen molar-refractivity contribution in [2.45, 2.75) is 38.1 Å². The molecule has 31 heavy (non-hydrogen) atoms. The van der Waals surface area contributed by atoms with Gasteiger partial charge in [0.15, 0.2) is 6.61 Å². The summed E-state index contributed by atoms with van der Waals surface area (Å²) < 4.78 is 18.2. The van der Waals surface area contributed by atoms with Crippen LogP contribution in [0.3, 0.4) is 0 Å². The number of imide groups is 1. The Morgan fingerprint density at radius 1 is 0.968 bits per heavy atom. The Labute approximate surface area is 178 Å². The fourth-order valence-electron chi connectivity index (χ4n) is 3.92. The zero-order valence-corrected chi connectivity index (χ0v) is 16.7. The molecule has 4 rings (SSSR count). The Kier molecular flexibility index (Phi) is 5.79. The van der Waals surface area contributed by atoms with Gasteiger partial charge in [0.25, 0.3) is 17.7 Å². The number of halogens is 1. The van der Waals surface area contributed by atoms with Gasteiger partial charge in [0.1, 0.15) is 5.82 Å². The van der Waals surface area contributed by atoms with Gasteiger partial charge < -0.3 is 10.1 Å². The third-order valence-electron chi connectivity index (χ3n) is 5.51. The Morgan fingerprint density at radius 3 is 2.35 bits per heavy atom. The lowest BCUT2D eigenvalue weighted by Crippen LogP contribution is -2.38. The van der Waals surface area contributed by atoms with Gasteiger partial charge in [-0.3, -0.25) is 14.4 Å². The first kappa shape index (κ1) is 20.7. The van der Waals surface area contributed by atoms with E-state index in [4.69, 9.17) is 4.74 Å². The second-order valence-electron chi connectivity index (χ2n) is 7.66. The molecule has 0 bridgehead atoms. The first-order valence-corrected chi connectivity index (χ1v) is 10.2. The topological polar surface area (TPSA) is 92.8 Å². The molecular formula is C23H21FN2O5. The number of carbonyl (C=O) groups is 4. The van der Waals surface area contributed by atoms with Crippen molar-refractivity contribution in [3.63, 3.8) is 0 Å². The summed E-state index contributed by atoms with van der Waals surface area (Å²) in [5.41, 5.74) is 0.485. The minimum atomic E-state index is -0.762. The number of fused-ring (bicyclic) bond motifs is 1. The van der Waals surface area contributed by atoms with Gasteiger partial charge in [-0.25, -0.2) is 14.1 Å². The fourth-order valence-corrected chi connectivity index (χ4v) is 3.92. The van der Waals surface area contributed by atoms with Gasteiger partial charge in [-0.05, 0) is 55.3 Å². The standard InChI is InChI=1S/C23H21FN2O5/c24-15-7-9-17(10-8-15)26-21(28)18-11-6-14(12-19(18)22(26)29)23(30)31-13-20(27)25-16-4-2-1-3-5-16/h6-12,16H,1-5,13H2,(H,25,27). The van der Waals surface area contributed by atoms with Crippen LogP contribution in [0.1, 0.15) is 63.2 Å². The number of amides is 3. The predicted molar refractivity (Wildman–Crippen MR) is 109 cm³/mol. The molecule has 0 spiro atoms. The molecule has 160 valence electrons. The highest BCUT2D eigenvalue weighted by Crippen LogP contribution is 2.29. The van der Waals surface area contributed by atoms with Crippen molar-refractivity contribution in [2.75, 3.05) is 11.5 Å². The molecule has 1 saturated carbocycles. The highest BCUT2D eigenvalue weighted by molar-refractivity contribution is 6.34. The Hall–Kier alpha value is -3.55. The number of benzene rings is 2. The van der Waals surface area contributed by atoms with E-state index in [0.717, 1.165) is 42.7 Å². The summed E-state index contributed by atoms with van der Waals surface area (Å²) in [4.78, 5) is 50.7. The molecule has 1 aliphatic carbocycles. The SMILES string of the molecule is O=C(COC(=O)c1ccc2c(c1)C(=O)N(c1ccc(F)cc1)C2=O)NC1CCCCC1. The third-order valence-corrected chi connectivity index (χ3v) is 5.51. The van der Waals surface area contributed by atoms with Gasteiger partial charge in [-0.2, -0.15) is 0 Å². The Balaban J connectivity index is 1.42. The van der Waals surface area contributed by atoms with Crippen molar-refractivity contribution >= 4 is 29.4 Å². The van der Waals surface area contributed by atoms with E-state index in [9.17, 15) is 23.6 Å². The van der Waals surface area contributed by atoms with Gasteiger partial charge in [0.05, 0.1) is 22.4 Å². The van der Waals surface area contributed by atoms with Crippen molar-refractivity contribution in [2.24, 2.45) is 0 Å². The molecule has 8 heteroatoms. The van der Waals surface area contributed by atoms with Crippen molar-refractivity contribution in [1.82, 2.24) is 5.32 Å². The number of ether oxygens (including phenoxy) is 1. The van der Waals surface area contributed by atoms with Crippen LogP contribution >= 0.6 is 0 Å². The van der Waals surface area contributed by atoms with Crippen molar-refractivity contribution in [3.05, 3.63) is 65.0 Å². The van der Waals surface area contributed by atoms with E-state index in [1.807, 2.05) is 0 Å². The second-order valence-corrected chi connectivity index (χ2v) is 7.66. The third kappa shape index (κ3) is 4.33. The largest absolute Gasteiger partial charge is 0.452 e. The molecular weight excluding hydrogens is 403 g/mol. The second kappa shape index (κ2) is 8.67. The lowest BCUT2D eigenvalue weighted by atomic mass is 9.95. The number of nitrogens with zero attached hydrogens (tertiary/aromatic N) is 1. The summed E-state index contributed by atoms with van der Waals surface area (Å²) >= 11 is 0. The van der Waals surface area contributed by atoms with Crippen LogP contribution in [0.5, 0.6) is 0 Å². The monoisotopic (exact) mass is 424 g/mol. The van der Waals surface area contributed by atoms with E-state index in [1.165, 1.54) is 36.8 Å². The summed E-state index contributed by atoms with van der Waals surface area (Å²) in [6.07, 6.45) is 5.15. The molecule has 1 fully saturated rings. The molecule has 1 aliphatic heterocycles. The quantitative estimate of drug-likeness (QED) is 0.588. The lowest BCUT2D eigenvalue weighted by Gasteiger charge is -2.22. The van der Waals surface area contributed by atoms with Crippen LogP contribution in [0.15, 0.2) is 42.5 Å². The zero-order chi connectivity index (χ0) is 22.0. The molecule has 0 aromatic heterocycles. The van der Waals surface area contributed by atoms with Crippen LogP contribution in [-0.4, -0.2) is 36.3 Å². The number of hydrogen-bond acceptors (Lipinski definition) is 5. The van der Waals surface area contributed by atoms with Gasteiger partial charge in [0, 0.05) is 6.04 Å². The van der Waals surface area contributed by atoms with Crippen LogP contribution in [0.4, 0.5) is 10.1 Å². The average Bonchev–Trinajstić information content (AvgIpc) is 3.03. The van der Waals surface area contributed by atoms with Gasteiger partial charge in [0.2, 0.25) is 0 Å². The number of hydrogen-bond donors (Lipinski definition) is 1. The molecule has 2 aromatic rings. The van der Waals surface area contributed by atoms with Crippen LogP contribution in [-0.2, 0) is 9.53 Å². The number of esters is 1. The van der Waals surface area contributed by atoms with Crippen LogP contribution in [0, 0.1) is 5.82 Å². The maximum Gasteiger partial charge on any atom is 0.338 e. The number of anilines is 1. The van der Waals surface area contributed by atoms with Crippen molar-refractivity contribution in [3.8, 4) is 0 Å². The highest BCUT2D eigenvalue weighted by Gasteiger charge is 2.37. The van der Waals surface area contributed by atoms with Crippen LogP contribution in [0.2, 0.25) is 0 Å². The van der Waals surface area contributed by atoms with Gasteiger partial charge in [-0.1, -0.05) is 19.3 Å². The van der Waals surface area contributed by atoms with Crippen LogP contribution < -0.4 is 10.2 Å². The molecule has 3 amide bonds. The molecule has 0 radical (unpaired) electrons. The summed E-state index contributed by atoms with van der Waals surface area (Å²) in [7, 11) is 0. The smallest absolute Gasteiger partial charge is 0.338 e. The highest BCUT2D eigenvalue weighted by atomic mass is 19.1. The molecule has 0 atom stereocenters. The van der Waals surface area contributed by atoms with E-state index in [1.54, 1.807) is 0 Å². The Morgan fingerprint density at radius 2 is 1.65 bits per heavy atom. The minimum Gasteiger partial charge on any atom is -0.452 e. The molecule has 1 heterocycles. The first-order chi connectivity index (χ1) is 14.9. The summed E-state index contributed by atoms with van der Waals surface area (Å²) in [5, 5.41) is 2.86. The molecule has 0 unspecified atom stereocenters. The molecule has 1 N–H and O–H groups in total. The molecule has 2 aliphatic rings. The van der Waals surface area contributed by atoms with Crippen LogP contribution in [0.25, 0.3) is 0 Å². The molecule has 0 saturated heterocycles. The van der Waals surface area contributed by atoms with Crippen molar-refractivity contribution in [1.29, 1.82) is 0 Å². The number of rotatable bonds is 5. The van der Waals surface area contributed by atoms with Crippen molar-refractivity contribution < 1.29 is 28.3 Å². The predicted octanol–water partition coefficient (Wildman–Crippen LogP) is 3.23. The van der Waals surface area contributed by atoms with E-state index in [2.05, 4.69) is 5.32 Å². The maximum absolute atomic E-state index is 13.2. The first-order valence-electron chi connectivity index (χ1n) is 10.2. The summed E-state index contributed by atoms with van der Waals surface area (Å²) in [6, 6.07) is 9.10. The molecule has 2 aromatic carbocycles. The number of carbonyl (C=O) groups excluding carboxylic acids is 4. The minimum absolute atomic E-state index is 0.0513. The maximum atomic E-state index is 13.2. The average molecular weight is 424 g/mol. The zero-order valence-electron chi connectivity index (χ0n) is 16.7. The van der Waals surface area contributed by atoms with Gasteiger partial charge in [-0.15, -0.1) is 0 Å². The lowest BCUT2D eigenvalue weighted by molar-refractivity contribution is -0.125.